The number of hydrogen-bond donors (Lipinski definition) is 0. The summed E-state index contributed by atoms with van der Waals surface area (Å²) in [4.78, 5) is 14.4. The Labute approximate surface area is 115 Å². The molecule has 0 spiro atoms. The predicted octanol–water partition coefficient (Wildman–Crippen LogP) is 3.14. The van der Waals surface area contributed by atoms with Gasteiger partial charge in [-0.15, -0.1) is 0 Å². The molecule has 0 saturated carbocycles. The lowest BCUT2D eigenvalue weighted by Gasteiger charge is -2.35. The summed E-state index contributed by atoms with van der Waals surface area (Å²) in [7, 11) is 1.76. The smallest absolute Gasteiger partial charge is 0.164 e. The molecular weight excluding hydrogens is 238 g/mol. The molecule has 1 atom stereocenters. The summed E-state index contributed by atoms with van der Waals surface area (Å²) in [6.07, 6.45) is 2.95. The fourth-order valence-electron chi connectivity index (χ4n) is 2.83. The summed E-state index contributed by atoms with van der Waals surface area (Å²) in [5, 5.41) is 0. The van der Waals surface area contributed by atoms with E-state index in [4.69, 9.17) is 4.74 Å². The lowest BCUT2D eigenvalue weighted by molar-refractivity contribution is 0.0988. The Morgan fingerprint density at radius 1 is 1.42 bits per heavy atom. The van der Waals surface area contributed by atoms with Gasteiger partial charge in [0.05, 0.1) is 6.61 Å². The Balaban J connectivity index is 2.19. The van der Waals surface area contributed by atoms with E-state index in [2.05, 4.69) is 11.0 Å². The second-order valence-electron chi connectivity index (χ2n) is 5.20. The molecule has 104 valence electrons. The second kappa shape index (κ2) is 6.71. The van der Waals surface area contributed by atoms with Gasteiger partial charge < -0.3 is 9.64 Å². The molecule has 1 aromatic rings. The fraction of sp³-hybridized carbons (Fsp3) is 0.562. The fourth-order valence-corrected chi connectivity index (χ4v) is 2.83. The normalized spacial score (nSPS) is 19.5. The number of ether oxygens (including phenoxy) is 1. The van der Waals surface area contributed by atoms with Crippen LogP contribution < -0.4 is 4.90 Å². The number of piperidine rings is 1. The summed E-state index contributed by atoms with van der Waals surface area (Å²) in [6.45, 7) is 4.75. The number of carbonyl (C=O) groups is 1. The number of rotatable bonds is 5. The molecule has 0 aromatic heterocycles. The van der Waals surface area contributed by atoms with Crippen LogP contribution in [0.5, 0.6) is 0 Å². The first-order chi connectivity index (χ1) is 9.26. The highest BCUT2D eigenvalue weighted by molar-refractivity contribution is 6.01. The van der Waals surface area contributed by atoms with Crippen LogP contribution in [0.2, 0.25) is 0 Å². The van der Waals surface area contributed by atoms with Gasteiger partial charge in [0.2, 0.25) is 0 Å². The molecule has 3 nitrogen and oxygen atoms in total. The molecule has 1 aromatic carbocycles. The summed E-state index contributed by atoms with van der Waals surface area (Å²) in [6, 6.07) is 7.98. The van der Waals surface area contributed by atoms with E-state index in [-0.39, 0.29) is 5.78 Å². The van der Waals surface area contributed by atoms with Gasteiger partial charge in [-0.1, -0.05) is 19.1 Å². The third-order valence-corrected chi connectivity index (χ3v) is 3.79. The SMILES string of the molecule is CCC(=O)c1ccccc1N1CCCC(COC)C1. The van der Waals surface area contributed by atoms with Crippen LogP contribution in [-0.2, 0) is 4.74 Å². The number of Topliss-reactive ketones (excluding diaryl/α,β-unsaturated/α-hetero) is 1. The van der Waals surface area contributed by atoms with Crippen LogP contribution in [0.25, 0.3) is 0 Å². The molecule has 1 saturated heterocycles. The van der Waals surface area contributed by atoms with Crippen molar-refractivity contribution in [1.29, 1.82) is 0 Å². The van der Waals surface area contributed by atoms with Crippen LogP contribution in [0.4, 0.5) is 5.69 Å². The van der Waals surface area contributed by atoms with Crippen LogP contribution in [0.3, 0.4) is 0 Å². The molecule has 1 aliphatic heterocycles. The van der Waals surface area contributed by atoms with Crippen molar-refractivity contribution < 1.29 is 9.53 Å². The summed E-state index contributed by atoms with van der Waals surface area (Å²) < 4.78 is 5.27. The second-order valence-corrected chi connectivity index (χ2v) is 5.20. The minimum Gasteiger partial charge on any atom is -0.384 e. The quantitative estimate of drug-likeness (QED) is 0.763. The zero-order valence-electron chi connectivity index (χ0n) is 11.9. The van der Waals surface area contributed by atoms with Crippen molar-refractivity contribution in [2.24, 2.45) is 5.92 Å². The zero-order valence-corrected chi connectivity index (χ0v) is 11.9. The van der Waals surface area contributed by atoms with Crippen molar-refractivity contribution in [3.8, 4) is 0 Å². The average Bonchev–Trinajstić information content (AvgIpc) is 2.47. The molecule has 0 N–H and O–H groups in total. The van der Waals surface area contributed by atoms with E-state index >= 15 is 0 Å². The number of benzene rings is 1. The van der Waals surface area contributed by atoms with Gasteiger partial charge >= 0.3 is 0 Å². The Morgan fingerprint density at radius 2 is 2.21 bits per heavy atom. The third kappa shape index (κ3) is 3.35. The first-order valence-electron chi connectivity index (χ1n) is 7.12. The van der Waals surface area contributed by atoms with Crippen molar-refractivity contribution in [1.82, 2.24) is 0 Å². The van der Waals surface area contributed by atoms with Crippen molar-refractivity contribution >= 4 is 11.5 Å². The lowest BCUT2D eigenvalue weighted by atomic mass is 9.97. The van der Waals surface area contributed by atoms with Gasteiger partial charge in [0.25, 0.3) is 0 Å². The number of methoxy groups -OCH3 is 1. The number of para-hydroxylation sites is 1. The summed E-state index contributed by atoms with van der Waals surface area (Å²) in [5.41, 5.74) is 1.96. The molecule has 0 amide bonds. The molecule has 1 fully saturated rings. The third-order valence-electron chi connectivity index (χ3n) is 3.79. The van der Waals surface area contributed by atoms with Gasteiger partial charge in [-0.25, -0.2) is 0 Å². The van der Waals surface area contributed by atoms with Crippen molar-refractivity contribution in [2.75, 3.05) is 31.7 Å². The number of hydrogen-bond acceptors (Lipinski definition) is 3. The first kappa shape index (κ1) is 14.1. The topological polar surface area (TPSA) is 29.5 Å². The Bertz CT molecular complexity index is 429. The average molecular weight is 261 g/mol. The summed E-state index contributed by atoms with van der Waals surface area (Å²) in [5.74, 6) is 0.799. The van der Waals surface area contributed by atoms with Crippen molar-refractivity contribution in [3.05, 3.63) is 29.8 Å². The highest BCUT2D eigenvalue weighted by atomic mass is 16.5. The molecule has 19 heavy (non-hydrogen) atoms. The molecule has 2 rings (SSSR count). The standard InChI is InChI=1S/C16H23NO2/c1-3-16(18)14-8-4-5-9-15(14)17-10-6-7-13(11-17)12-19-2/h4-5,8-9,13H,3,6-7,10-12H2,1-2H3. The van der Waals surface area contributed by atoms with Crippen LogP contribution in [-0.4, -0.2) is 32.6 Å². The van der Waals surface area contributed by atoms with Gasteiger partial charge in [-0.2, -0.15) is 0 Å². The minimum atomic E-state index is 0.226. The van der Waals surface area contributed by atoms with Crippen LogP contribution in [0.1, 0.15) is 36.5 Å². The molecule has 0 aliphatic carbocycles. The monoisotopic (exact) mass is 261 g/mol. The van der Waals surface area contributed by atoms with Crippen molar-refractivity contribution in [3.63, 3.8) is 0 Å². The van der Waals surface area contributed by atoms with Crippen LogP contribution in [0, 0.1) is 5.92 Å². The molecule has 1 aliphatic rings. The lowest BCUT2D eigenvalue weighted by Crippen LogP contribution is -2.37. The largest absolute Gasteiger partial charge is 0.384 e. The molecule has 0 bridgehead atoms. The minimum absolute atomic E-state index is 0.226. The van der Waals surface area contributed by atoms with E-state index in [0.29, 0.717) is 12.3 Å². The number of carbonyl (C=O) groups excluding carboxylic acids is 1. The molecule has 1 unspecified atom stereocenters. The number of ketones is 1. The zero-order chi connectivity index (χ0) is 13.7. The van der Waals surface area contributed by atoms with Gasteiger partial charge in [-0.3, -0.25) is 4.79 Å². The Morgan fingerprint density at radius 3 is 2.95 bits per heavy atom. The maximum absolute atomic E-state index is 12.0. The predicted molar refractivity (Wildman–Crippen MR) is 77.9 cm³/mol. The maximum Gasteiger partial charge on any atom is 0.164 e. The van der Waals surface area contributed by atoms with Gasteiger partial charge in [0, 0.05) is 37.9 Å². The van der Waals surface area contributed by atoms with E-state index < -0.39 is 0 Å². The van der Waals surface area contributed by atoms with Gasteiger partial charge in [0.1, 0.15) is 0 Å². The van der Waals surface area contributed by atoms with Gasteiger partial charge in [-0.05, 0) is 30.9 Å². The van der Waals surface area contributed by atoms with Crippen molar-refractivity contribution in [2.45, 2.75) is 26.2 Å². The summed E-state index contributed by atoms with van der Waals surface area (Å²) >= 11 is 0. The van der Waals surface area contributed by atoms with Gasteiger partial charge in [0.15, 0.2) is 5.78 Å². The van der Waals surface area contributed by atoms with E-state index in [1.54, 1.807) is 7.11 Å². The highest BCUT2D eigenvalue weighted by Gasteiger charge is 2.22. The Kier molecular flexibility index (Phi) is 4.97. The molecule has 3 heteroatoms. The maximum atomic E-state index is 12.0. The first-order valence-corrected chi connectivity index (χ1v) is 7.12. The van der Waals surface area contributed by atoms with E-state index in [0.717, 1.165) is 30.9 Å². The van der Waals surface area contributed by atoms with Crippen LogP contribution >= 0.6 is 0 Å². The highest BCUT2D eigenvalue weighted by Crippen LogP contribution is 2.27. The Hall–Kier alpha value is -1.35. The van der Waals surface area contributed by atoms with E-state index in [1.807, 2.05) is 25.1 Å². The number of nitrogens with zero attached hydrogens (tertiary/aromatic N) is 1. The molecule has 1 heterocycles. The van der Waals surface area contributed by atoms with Crippen LogP contribution in [0.15, 0.2) is 24.3 Å². The molecular formula is C16H23NO2. The van der Waals surface area contributed by atoms with E-state index in [9.17, 15) is 4.79 Å². The van der Waals surface area contributed by atoms with E-state index in [1.165, 1.54) is 12.8 Å². The molecule has 0 radical (unpaired) electrons. The number of anilines is 1.